The summed E-state index contributed by atoms with van der Waals surface area (Å²) in [5.74, 6) is 0.198. The predicted molar refractivity (Wildman–Crippen MR) is 77.9 cm³/mol. The van der Waals surface area contributed by atoms with E-state index in [2.05, 4.69) is 0 Å². The Morgan fingerprint density at radius 2 is 2.45 bits per heavy atom. The minimum atomic E-state index is 0.0499. The van der Waals surface area contributed by atoms with Gasteiger partial charge in [0.25, 0.3) is 0 Å². The number of nitrogens with zero attached hydrogens (tertiary/aromatic N) is 1. The van der Waals surface area contributed by atoms with Crippen LogP contribution in [0.15, 0.2) is 16.8 Å². The van der Waals surface area contributed by atoms with E-state index < -0.39 is 0 Å². The summed E-state index contributed by atoms with van der Waals surface area (Å²) in [5.41, 5.74) is 1.10. The summed E-state index contributed by atoms with van der Waals surface area (Å²) < 4.78 is 11.7. The molecular formula is C15H21NO3S. The monoisotopic (exact) mass is 295 g/mol. The van der Waals surface area contributed by atoms with Crippen molar-refractivity contribution in [1.29, 1.82) is 0 Å². The number of amides is 1. The minimum Gasteiger partial charge on any atom is -0.374 e. The average molecular weight is 295 g/mol. The normalized spacial score (nSPS) is 29.4. The fourth-order valence-corrected chi connectivity index (χ4v) is 3.95. The van der Waals surface area contributed by atoms with E-state index in [0.29, 0.717) is 26.2 Å². The molecule has 1 aromatic heterocycles. The number of thiophene rings is 1. The SMILES string of the molecule is CCO[C@H]1[C@H]2CC[C@H]1OCCN2C(=O)Cc1ccsc1. The maximum absolute atomic E-state index is 12.6. The molecule has 1 saturated heterocycles. The number of hydrogen-bond donors (Lipinski definition) is 0. The quantitative estimate of drug-likeness (QED) is 0.854. The molecule has 1 aromatic rings. The lowest BCUT2D eigenvalue weighted by Crippen LogP contribution is -2.47. The molecule has 4 nitrogen and oxygen atoms in total. The number of fused-ring (bicyclic) bond motifs is 2. The Labute approximate surface area is 123 Å². The van der Waals surface area contributed by atoms with E-state index in [1.807, 2.05) is 28.7 Å². The van der Waals surface area contributed by atoms with E-state index in [1.165, 1.54) is 0 Å². The third kappa shape index (κ3) is 2.75. The number of carbonyl (C=O) groups is 1. The van der Waals surface area contributed by atoms with Crippen LogP contribution in [0, 0.1) is 0 Å². The van der Waals surface area contributed by atoms with Crippen LogP contribution in [0.4, 0.5) is 0 Å². The molecule has 0 unspecified atom stereocenters. The summed E-state index contributed by atoms with van der Waals surface area (Å²) in [6, 6.07) is 2.21. The van der Waals surface area contributed by atoms with Crippen molar-refractivity contribution in [2.24, 2.45) is 0 Å². The Hall–Kier alpha value is -0.910. The van der Waals surface area contributed by atoms with Gasteiger partial charge < -0.3 is 14.4 Å². The highest BCUT2D eigenvalue weighted by Gasteiger charge is 2.44. The van der Waals surface area contributed by atoms with Gasteiger partial charge in [0.05, 0.1) is 25.2 Å². The Balaban J connectivity index is 1.72. The van der Waals surface area contributed by atoms with E-state index >= 15 is 0 Å². The topological polar surface area (TPSA) is 38.8 Å². The van der Waals surface area contributed by atoms with Crippen LogP contribution >= 0.6 is 11.3 Å². The largest absolute Gasteiger partial charge is 0.374 e. The van der Waals surface area contributed by atoms with Crippen LogP contribution in [0.5, 0.6) is 0 Å². The average Bonchev–Trinajstić information content (AvgIpc) is 2.99. The molecule has 3 rings (SSSR count). The third-order valence-corrected chi connectivity index (χ3v) is 4.90. The molecule has 5 heteroatoms. The zero-order valence-corrected chi connectivity index (χ0v) is 12.6. The van der Waals surface area contributed by atoms with Gasteiger partial charge in [-0.3, -0.25) is 4.79 Å². The van der Waals surface area contributed by atoms with E-state index in [1.54, 1.807) is 11.3 Å². The van der Waals surface area contributed by atoms with Crippen LogP contribution < -0.4 is 0 Å². The highest BCUT2D eigenvalue weighted by Crippen LogP contribution is 2.32. The first kappa shape index (κ1) is 14.0. The highest BCUT2D eigenvalue weighted by molar-refractivity contribution is 7.07. The van der Waals surface area contributed by atoms with E-state index in [0.717, 1.165) is 18.4 Å². The van der Waals surface area contributed by atoms with Gasteiger partial charge >= 0.3 is 0 Å². The Morgan fingerprint density at radius 3 is 3.20 bits per heavy atom. The molecule has 1 amide bonds. The molecule has 2 heterocycles. The van der Waals surface area contributed by atoms with Crippen molar-refractivity contribution in [3.05, 3.63) is 22.4 Å². The molecule has 0 spiro atoms. The second-order valence-electron chi connectivity index (χ2n) is 5.37. The molecule has 2 bridgehead atoms. The molecule has 3 atom stereocenters. The van der Waals surface area contributed by atoms with Crippen LogP contribution in [0.2, 0.25) is 0 Å². The lowest BCUT2D eigenvalue weighted by molar-refractivity contribution is -0.135. The maximum atomic E-state index is 12.6. The number of rotatable bonds is 4. The first-order valence-corrected chi connectivity index (χ1v) is 8.27. The van der Waals surface area contributed by atoms with Gasteiger partial charge in [-0.25, -0.2) is 0 Å². The summed E-state index contributed by atoms with van der Waals surface area (Å²) in [7, 11) is 0. The molecular weight excluding hydrogens is 274 g/mol. The fourth-order valence-electron chi connectivity index (χ4n) is 3.28. The number of hydrogen-bond acceptors (Lipinski definition) is 4. The van der Waals surface area contributed by atoms with Crippen LogP contribution in [0.1, 0.15) is 25.3 Å². The summed E-state index contributed by atoms with van der Waals surface area (Å²) >= 11 is 1.64. The smallest absolute Gasteiger partial charge is 0.227 e. The molecule has 1 aliphatic carbocycles. The second kappa shape index (κ2) is 6.24. The molecule has 1 saturated carbocycles. The van der Waals surface area contributed by atoms with Crippen molar-refractivity contribution in [2.75, 3.05) is 19.8 Å². The van der Waals surface area contributed by atoms with Crippen molar-refractivity contribution >= 4 is 17.2 Å². The predicted octanol–water partition coefficient (Wildman–Crippen LogP) is 2.09. The highest BCUT2D eigenvalue weighted by atomic mass is 32.1. The van der Waals surface area contributed by atoms with Gasteiger partial charge in [0.2, 0.25) is 5.91 Å². The molecule has 110 valence electrons. The van der Waals surface area contributed by atoms with Crippen molar-refractivity contribution in [3.63, 3.8) is 0 Å². The Morgan fingerprint density at radius 1 is 1.55 bits per heavy atom. The molecule has 2 fully saturated rings. The third-order valence-electron chi connectivity index (χ3n) is 4.17. The molecule has 0 N–H and O–H groups in total. The summed E-state index contributed by atoms with van der Waals surface area (Å²) in [4.78, 5) is 14.6. The lowest BCUT2D eigenvalue weighted by Gasteiger charge is -2.31. The van der Waals surface area contributed by atoms with E-state index in [4.69, 9.17) is 9.47 Å². The van der Waals surface area contributed by atoms with Gasteiger partial charge in [-0.1, -0.05) is 0 Å². The zero-order chi connectivity index (χ0) is 13.9. The van der Waals surface area contributed by atoms with Crippen LogP contribution in [-0.4, -0.2) is 48.8 Å². The Kier molecular flexibility index (Phi) is 4.38. The second-order valence-corrected chi connectivity index (χ2v) is 6.15. The molecule has 20 heavy (non-hydrogen) atoms. The number of carbonyl (C=O) groups excluding carboxylic acids is 1. The van der Waals surface area contributed by atoms with Gasteiger partial charge in [-0.2, -0.15) is 11.3 Å². The Bertz CT molecular complexity index is 448. The van der Waals surface area contributed by atoms with Crippen LogP contribution in [-0.2, 0) is 20.7 Å². The number of ether oxygens (including phenoxy) is 2. The zero-order valence-electron chi connectivity index (χ0n) is 11.8. The first-order valence-electron chi connectivity index (χ1n) is 7.33. The van der Waals surface area contributed by atoms with Gasteiger partial charge in [-0.15, -0.1) is 0 Å². The van der Waals surface area contributed by atoms with Crippen molar-refractivity contribution in [3.8, 4) is 0 Å². The molecule has 2 aliphatic rings. The van der Waals surface area contributed by atoms with Gasteiger partial charge in [0.1, 0.15) is 6.10 Å². The van der Waals surface area contributed by atoms with Crippen molar-refractivity contribution in [2.45, 2.75) is 44.4 Å². The molecule has 0 aromatic carbocycles. The summed E-state index contributed by atoms with van der Waals surface area (Å²) in [6.45, 7) is 3.99. The lowest BCUT2D eigenvalue weighted by atomic mass is 10.1. The van der Waals surface area contributed by atoms with E-state index in [9.17, 15) is 4.79 Å². The van der Waals surface area contributed by atoms with Crippen molar-refractivity contribution < 1.29 is 14.3 Å². The summed E-state index contributed by atoms with van der Waals surface area (Å²) in [5, 5.41) is 4.06. The van der Waals surface area contributed by atoms with Gasteiger partial charge in [0.15, 0.2) is 0 Å². The molecule has 1 aliphatic heterocycles. The van der Waals surface area contributed by atoms with Gasteiger partial charge in [0, 0.05) is 13.2 Å². The van der Waals surface area contributed by atoms with Gasteiger partial charge in [-0.05, 0) is 42.2 Å². The minimum absolute atomic E-state index is 0.0499. The van der Waals surface area contributed by atoms with E-state index in [-0.39, 0.29) is 24.2 Å². The van der Waals surface area contributed by atoms with Crippen molar-refractivity contribution in [1.82, 2.24) is 4.90 Å². The van der Waals surface area contributed by atoms with Crippen LogP contribution in [0.3, 0.4) is 0 Å². The summed E-state index contributed by atoms with van der Waals surface area (Å²) in [6.07, 6.45) is 2.69. The van der Waals surface area contributed by atoms with Crippen LogP contribution in [0.25, 0.3) is 0 Å². The standard InChI is InChI=1S/C15H21NO3S/c1-2-18-15-12-3-4-13(15)19-7-6-16(12)14(17)9-11-5-8-20-10-11/h5,8,10,12-13,15H,2-4,6-7,9H2,1H3/t12-,13-,15+/m1/s1. The fraction of sp³-hybridized carbons (Fsp3) is 0.667. The first-order chi connectivity index (χ1) is 9.79. The molecule has 0 radical (unpaired) electrons. The maximum Gasteiger partial charge on any atom is 0.227 e.